The van der Waals surface area contributed by atoms with Crippen molar-refractivity contribution in [1.82, 2.24) is 0 Å². The van der Waals surface area contributed by atoms with Crippen molar-refractivity contribution in [2.24, 2.45) is 0 Å². The Morgan fingerprint density at radius 2 is 0.646 bits per heavy atom. The zero-order valence-corrected chi connectivity index (χ0v) is 42.3. The van der Waals surface area contributed by atoms with Gasteiger partial charge in [0.05, 0.1) is 58.5 Å². The summed E-state index contributed by atoms with van der Waals surface area (Å²) in [4.78, 5) is 48.7. The first kappa shape index (κ1) is 61.4. The van der Waals surface area contributed by atoms with Gasteiger partial charge in [0.25, 0.3) is 0 Å². The SMILES string of the molecule is CCCC/C=C/CCOC(=O)c1ccc(S(=O)(=O)[O-])cc1C(=O)OCC/C=C/CCCC.CCCC/C=C/CCOC(=O)c1ccc(S(=O)(=O)[O-])cc1C(=O)OCC/C=C/CCCC.[Ca+2]. The molecule has 2 rings (SSSR count). The fourth-order valence-corrected chi connectivity index (χ4v) is 6.47. The predicted octanol–water partition coefficient (Wildman–Crippen LogP) is 9.97. The largest absolute Gasteiger partial charge is 2.00 e. The molecular formula is C48H66CaO14S2. The fourth-order valence-electron chi connectivity index (χ4n) is 5.47. The van der Waals surface area contributed by atoms with Crippen LogP contribution in [0.15, 0.2) is 94.8 Å². The zero-order valence-electron chi connectivity index (χ0n) is 38.5. The van der Waals surface area contributed by atoms with Crippen molar-refractivity contribution < 1.29 is 64.1 Å². The molecule has 356 valence electrons. The summed E-state index contributed by atoms with van der Waals surface area (Å²) < 4.78 is 88.8. The molecule has 0 saturated heterocycles. The average Bonchev–Trinajstić information content (AvgIpc) is 3.26. The maximum atomic E-state index is 12.5. The van der Waals surface area contributed by atoms with E-state index in [4.69, 9.17) is 18.9 Å². The number of hydrogen-bond donors (Lipinski definition) is 0. The standard InChI is InChI=1S/2C24H34O7S.Ca/c2*1-3-5-7-9-11-13-17-30-23(25)21-16-15-20(32(27,28)29)19-22(21)24(26)31-18-14-12-10-8-6-4-2;/h2*9-12,15-16,19H,3-8,13-14,17-18H2,1-2H3,(H,27,28,29);/q;;+2/p-2/b2*11-9+,12-10+;. The quantitative estimate of drug-likeness (QED) is 0.0178. The van der Waals surface area contributed by atoms with E-state index in [9.17, 15) is 45.1 Å². The second-order valence-electron chi connectivity index (χ2n) is 14.5. The Hall–Kier alpha value is -3.64. The molecule has 0 fully saturated rings. The van der Waals surface area contributed by atoms with E-state index in [0.29, 0.717) is 25.7 Å². The Morgan fingerprint density at radius 3 is 0.877 bits per heavy atom. The summed E-state index contributed by atoms with van der Waals surface area (Å²) in [6, 6.07) is 5.90. The normalized spacial score (nSPS) is 11.7. The molecule has 0 aliphatic heterocycles. The molecule has 17 heteroatoms. The second-order valence-corrected chi connectivity index (χ2v) is 17.2. The molecule has 0 aliphatic carbocycles. The Bertz CT molecular complexity index is 1930. The third kappa shape index (κ3) is 27.6. The van der Waals surface area contributed by atoms with Gasteiger partial charge in [-0.2, -0.15) is 0 Å². The van der Waals surface area contributed by atoms with Crippen molar-refractivity contribution in [3.05, 3.63) is 107 Å². The third-order valence-electron chi connectivity index (χ3n) is 9.07. The number of ether oxygens (including phenoxy) is 4. The minimum absolute atomic E-state index is 0. The maximum Gasteiger partial charge on any atom is 2.00 e. The molecule has 0 amide bonds. The zero-order chi connectivity index (χ0) is 47.6. The fraction of sp³-hybridized carbons (Fsp3) is 0.500. The molecule has 0 aliphatic rings. The summed E-state index contributed by atoms with van der Waals surface area (Å²) in [6.45, 7) is 8.75. The first-order valence-electron chi connectivity index (χ1n) is 22.1. The van der Waals surface area contributed by atoms with Gasteiger partial charge >= 0.3 is 61.6 Å². The van der Waals surface area contributed by atoms with Gasteiger partial charge in [-0.3, -0.25) is 0 Å². The molecule has 0 atom stereocenters. The van der Waals surface area contributed by atoms with Gasteiger partial charge in [0, 0.05) is 0 Å². The molecule has 0 saturated carbocycles. The van der Waals surface area contributed by atoms with Gasteiger partial charge < -0.3 is 28.1 Å². The molecule has 2 aromatic rings. The summed E-state index contributed by atoms with van der Waals surface area (Å²) in [5.74, 6) is -3.34. The predicted molar refractivity (Wildman–Crippen MR) is 249 cm³/mol. The van der Waals surface area contributed by atoms with E-state index in [1.807, 2.05) is 48.6 Å². The van der Waals surface area contributed by atoms with E-state index >= 15 is 0 Å². The third-order valence-corrected chi connectivity index (χ3v) is 10.7. The smallest absolute Gasteiger partial charge is 0.744 e. The van der Waals surface area contributed by atoms with Gasteiger partial charge in [-0.15, -0.1) is 0 Å². The molecule has 2 aromatic carbocycles. The number of benzene rings is 2. The van der Waals surface area contributed by atoms with E-state index in [2.05, 4.69) is 27.7 Å². The summed E-state index contributed by atoms with van der Waals surface area (Å²) >= 11 is 0. The molecule has 65 heavy (non-hydrogen) atoms. The number of carbonyl (C=O) groups excluding carboxylic acids is 4. The van der Waals surface area contributed by atoms with Crippen LogP contribution in [0.1, 0.15) is 172 Å². The molecule has 0 spiro atoms. The molecule has 0 bridgehead atoms. The number of hydrogen-bond acceptors (Lipinski definition) is 14. The minimum atomic E-state index is -4.80. The van der Waals surface area contributed by atoms with Crippen molar-refractivity contribution >= 4 is 81.9 Å². The van der Waals surface area contributed by atoms with E-state index in [1.165, 1.54) is 0 Å². The van der Waals surface area contributed by atoms with Crippen LogP contribution in [0, 0.1) is 0 Å². The van der Waals surface area contributed by atoms with Gasteiger partial charge in [-0.1, -0.05) is 128 Å². The summed E-state index contributed by atoms with van der Waals surface area (Å²) in [6.07, 6.45) is 30.2. The number of unbranched alkanes of at least 4 members (excludes halogenated alkanes) is 8. The Balaban J connectivity index is 0.00000124. The number of esters is 4. The van der Waals surface area contributed by atoms with Crippen LogP contribution < -0.4 is 0 Å². The van der Waals surface area contributed by atoms with E-state index in [0.717, 1.165) is 113 Å². The number of rotatable bonds is 30. The first-order valence-corrected chi connectivity index (χ1v) is 24.9. The number of carbonyl (C=O) groups is 4. The van der Waals surface area contributed by atoms with Crippen molar-refractivity contribution in [3.63, 3.8) is 0 Å². The summed E-state index contributed by atoms with van der Waals surface area (Å²) in [5.41, 5.74) is -0.896. The van der Waals surface area contributed by atoms with Crippen LogP contribution in [0.4, 0.5) is 0 Å². The topological polar surface area (TPSA) is 220 Å². The van der Waals surface area contributed by atoms with Crippen LogP contribution >= 0.6 is 0 Å². The molecule has 0 heterocycles. The van der Waals surface area contributed by atoms with Gasteiger partial charge in [0.2, 0.25) is 0 Å². The van der Waals surface area contributed by atoms with Crippen LogP contribution in [0.25, 0.3) is 0 Å². The average molecular weight is 971 g/mol. The van der Waals surface area contributed by atoms with E-state index in [1.54, 1.807) is 0 Å². The van der Waals surface area contributed by atoms with Crippen LogP contribution in [0.3, 0.4) is 0 Å². The van der Waals surface area contributed by atoms with Gasteiger partial charge in [-0.05, 0) is 87.8 Å². The van der Waals surface area contributed by atoms with Crippen molar-refractivity contribution in [1.29, 1.82) is 0 Å². The Labute approximate surface area is 416 Å². The van der Waals surface area contributed by atoms with E-state index in [-0.39, 0.29) is 86.4 Å². The minimum Gasteiger partial charge on any atom is -0.744 e. The van der Waals surface area contributed by atoms with Gasteiger partial charge in [0.15, 0.2) is 0 Å². The van der Waals surface area contributed by atoms with Crippen LogP contribution in [-0.4, -0.2) is 114 Å². The van der Waals surface area contributed by atoms with Gasteiger partial charge in [0.1, 0.15) is 20.2 Å². The summed E-state index contributed by atoms with van der Waals surface area (Å²) in [7, 11) is -9.60. The molecule has 0 aromatic heterocycles. The summed E-state index contributed by atoms with van der Waals surface area (Å²) in [5, 5.41) is 0. The Kier molecular flexibility index (Phi) is 34.4. The maximum absolute atomic E-state index is 12.5. The van der Waals surface area contributed by atoms with Crippen molar-refractivity contribution in [2.75, 3.05) is 26.4 Å². The molecular weight excluding hydrogens is 905 g/mol. The molecule has 0 radical (unpaired) electrons. The Morgan fingerprint density at radius 1 is 0.415 bits per heavy atom. The monoisotopic (exact) mass is 970 g/mol. The molecule has 0 unspecified atom stereocenters. The van der Waals surface area contributed by atoms with Crippen molar-refractivity contribution in [2.45, 2.75) is 140 Å². The molecule has 0 N–H and O–H groups in total. The van der Waals surface area contributed by atoms with E-state index < -0.39 is 53.9 Å². The van der Waals surface area contributed by atoms with Crippen LogP contribution in [0.5, 0.6) is 0 Å². The van der Waals surface area contributed by atoms with Crippen LogP contribution in [-0.2, 0) is 39.2 Å². The van der Waals surface area contributed by atoms with Crippen LogP contribution in [0.2, 0.25) is 0 Å². The number of allylic oxidation sites excluding steroid dienone is 4. The first-order chi connectivity index (χ1) is 30.6. The molecule has 14 nitrogen and oxygen atoms in total. The van der Waals surface area contributed by atoms with Gasteiger partial charge in [-0.25, -0.2) is 36.0 Å². The van der Waals surface area contributed by atoms with Crippen molar-refractivity contribution in [3.8, 4) is 0 Å². The second kappa shape index (κ2) is 36.5.